The maximum Gasteiger partial charge on any atom is 0.294 e. The third kappa shape index (κ3) is 4.80. The molecule has 4 rings (SSSR count). The van der Waals surface area contributed by atoms with E-state index < -0.39 is 11.7 Å². The van der Waals surface area contributed by atoms with Crippen LogP contribution in [0.3, 0.4) is 0 Å². The molecule has 1 fully saturated rings. The fourth-order valence-corrected chi connectivity index (χ4v) is 3.79. The molecule has 2 aliphatic rings. The van der Waals surface area contributed by atoms with Crippen LogP contribution in [0.1, 0.15) is 24.8 Å². The Labute approximate surface area is 185 Å². The molecule has 0 atom stereocenters. The van der Waals surface area contributed by atoms with Gasteiger partial charge in [0.15, 0.2) is 11.5 Å². The molecule has 2 aliphatic heterocycles. The minimum Gasteiger partial charge on any atom is -0.449 e. The highest BCUT2D eigenvalue weighted by Gasteiger charge is 2.31. The number of nitrogens with one attached hydrogen (secondary N) is 1. The van der Waals surface area contributed by atoms with Crippen LogP contribution in [0.2, 0.25) is 0 Å². The number of carbonyl (C=O) groups excluding carboxylic acids is 3. The van der Waals surface area contributed by atoms with E-state index in [1.54, 1.807) is 47.4 Å². The van der Waals surface area contributed by atoms with E-state index in [1.165, 1.54) is 17.0 Å². The molecule has 2 aromatic rings. The normalized spacial score (nSPS) is 16.8. The van der Waals surface area contributed by atoms with Gasteiger partial charge >= 0.3 is 0 Å². The molecule has 0 aromatic heterocycles. The van der Waals surface area contributed by atoms with E-state index in [-0.39, 0.29) is 29.7 Å². The maximum absolute atomic E-state index is 14.1. The summed E-state index contributed by atoms with van der Waals surface area (Å²) >= 11 is 0. The van der Waals surface area contributed by atoms with E-state index in [4.69, 9.17) is 4.74 Å². The lowest BCUT2D eigenvalue weighted by Crippen LogP contribution is -2.44. The molecule has 0 radical (unpaired) electrons. The fourth-order valence-electron chi connectivity index (χ4n) is 3.79. The Balaban J connectivity index is 1.43. The number of ether oxygens (including phenoxy) is 1. The summed E-state index contributed by atoms with van der Waals surface area (Å²) in [5, 5.41) is 2.80. The molecule has 0 aliphatic carbocycles. The number of fused-ring (bicyclic) bond motifs is 1. The minimum atomic E-state index is -0.523. The molecule has 0 saturated carbocycles. The second kappa shape index (κ2) is 9.64. The molecule has 3 amide bonds. The monoisotopic (exact) mass is 437 g/mol. The number of hydrogen-bond donors (Lipinski definition) is 1. The highest BCUT2D eigenvalue weighted by atomic mass is 19.1. The minimum absolute atomic E-state index is 0.0610. The summed E-state index contributed by atoms with van der Waals surface area (Å²) in [6.45, 7) is 1.58. The molecule has 2 aromatic carbocycles. The lowest BCUT2D eigenvalue weighted by atomic mass is 10.1. The topological polar surface area (TPSA) is 79.0 Å². The average Bonchev–Trinajstić information content (AvgIpc) is 3.20. The van der Waals surface area contributed by atoms with E-state index in [0.717, 1.165) is 13.0 Å². The van der Waals surface area contributed by atoms with Crippen molar-refractivity contribution in [1.29, 1.82) is 0 Å². The van der Waals surface area contributed by atoms with Crippen molar-refractivity contribution >= 4 is 29.5 Å². The van der Waals surface area contributed by atoms with Crippen molar-refractivity contribution in [2.24, 2.45) is 0 Å². The zero-order valence-corrected chi connectivity index (χ0v) is 17.6. The summed E-state index contributed by atoms with van der Waals surface area (Å²) < 4.78 is 19.8. The van der Waals surface area contributed by atoms with Gasteiger partial charge in [-0.2, -0.15) is 0 Å². The largest absolute Gasteiger partial charge is 0.449 e. The fraction of sp³-hybridized carbons (Fsp3) is 0.292. The van der Waals surface area contributed by atoms with Gasteiger partial charge in [0.1, 0.15) is 12.4 Å². The zero-order chi connectivity index (χ0) is 22.5. The first-order valence-electron chi connectivity index (χ1n) is 10.6. The van der Waals surface area contributed by atoms with Gasteiger partial charge in [-0.05, 0) is 37.1 Å². The lowest BCUT2D eigenvalue weighted by molar-refractivity contribution is -0.127. The van der Waals surface area contributed by atoms with Gasteiger partial charge in [0.2, 0.25) is 11.8 Å². The predicted octanol–water partition coefficient (Wildman–Crippen LogP) is 2.72. The molecular formula is C24H24FN3O4. The zero-order valence-electron chi connectivity index (χ0n) is 17.6. The molecule has 7 nitrogen and oxygen atoms in total. The molecule has 1 saturated heterocycles. The molecule has 1 N–H and O–H groups in total. The molecule has 0 unspecified atom stereocenters. The SMILES string of the molecule is O=C(CN1C(=O)C(=Cc2ccccc2F)Oc2ccccc21)NCCCN1CCCC1=O. The van der Waals surface area contributed by atoms with Gasteiger partial charge in [-0.15, -0.1) is 0 Å². The second-order valence-electron chi connectivity index (χ2n) is 7.68. The Morgan fingerprint density at radius 2 is 1.91 bits per heavy atom. The first kappa shape index (κ1) is 21.5. The van der Waals surface area contributed by atoms with E-state index in [2.05, 4.69) is 5.32 Å². The molecule has 166 valence electrons. The quantitative estimate of drug-likeness (QED) is 0.534. The number of benzene rings is 2. The van der Waals surface area contributed by atoms with Crippen LogP contribution < -0.4 is 15.0 Å². The first-order valence-corrected chi connectivity index (χ1v) is 10.6. The summed E-state index contributed by atoms with van der Waals surface area (Å²) in [5.41, 5.74) is 0.692. The van der Waals surface area contributed by atoms with Crippen LogP contribution in [0, 0.1) is 5.82 Å². The van der Waals surface area contributed by atoms with E-state index in [0.29, 0.717) is 37.4 Å². The van der Waals surface area contributed by atoms with Gasteiger partial charge < -0.3 is 15.0 Å². The van der Waals surface area contributed by atoms with Crippen molar-refractivity contribution in [2.75, 3.05) is 31.1 Å². The number of rotatable bonds is 7. The van der Waals surface area contributed by atoms with E-state index in [9.17, 15) is 18.8 Å². The Morgan fingerprint density at radius 1 is 1.12 bits per heavy atom. The molecule has 0 spiro atoms. The van der Waals surface area contributed by atoms with Crippen LogP contribution >= 0.6 is 0 Å². The summed E-state index contributed by atoms with van der Waals surface area (Å²) in [6.07, 6.45) is 3.45. The third-order valence-corrected chi connectivity index (χ3v) is 5.42. The van der Waals surface area contributed by atoms with Gasteiger partial charge in [-0.25, -0.2) is 4.39 Å². The van der Waals surface area contributed by atoms with Gasteiger partial charge in [0, 0.05) is 31.6 Å². The van der Waals surface area contributed by atoms with Gasteiger partial charge in [-0.3, -0.25) is 19.3 Å². The van der Waals surface area contributed by atoms with Crippen LogP contribution in [0.25, 0.3) is 6.08 Å². The number of anilines is 1. The number of para-hydroxylation sites is 2. The molecule has 8 heteroatoms. The highest BCUT2D eigenvalue weighted by molar-refractivity contribution is 6.12. The second-order valence-corrected chi connectivity index (χ2v) is 7.68. The first-order chi connectivity index (χ1) is 15.5. The van der Waals surface area contributed by atoms with Crippen LogP contribution in [-0.2, 0) is 14.4 Å². The molecular weight excluding hydrogens is 413 g/mol. The summed E-state index contributed by atoms with van der Waals surface area (Å²) in [6, 6.07) is 13.0. The van der Waals surface area contributed by atoms with Crippen LogP contribution in [0.5, 0.6) is 5.75 Å². The number of carbonyl (C=O) groups is 3. The standard InChI is InChI=1S/C24H24FN3O4/c25-18-8-2-1-7-17(18)15-21-24(31)28(19-9-3-4-10-20(19)32-21)16-22(29)26-12-6-14-27-13-5-11-23(27)30/h1-4,7-10,15H,5-6,11-14,16H2,(H,26,29). The van der Waals surface area contributed by atoms with E-state index >= 15 is 0 Å². The lowest BCUT2D eigenvalue weighted by Gasteiger charge is -2.30. The maximum atomic E-state index is 14.1. The van der Waals surface area contributed by atoms with Crippen molar-refractivity contribution < 1.29 is 23.5 Å². The van der Waals surface area contributed by atoms with Crippen molar-refractivity contribution in [3.05, 3.63) is 65.7 Å². The number of nitrogens with zero attached hydrogens (tertiary/aromatic N) is 2. The van der Waals surface area contributed by atoms with Crippen LogP contribution in [0.15, 0.2) is 54.3 Å². The van der Waals surface area contributed by atoms with Crippen molar-refractivity contribution in [3.63, 3.8) is 0 Å². The van der Waals surface area contributed by atoms with E-state index in [1.807, 2.05) is 0 Å². The smallest absolute Gasteiger partial charge is 0.294 e. The third-order valence-electron chi connectivity index (χ3n) is 5.42. The Hall–Kier alpha value is -3.68. The number of likely N-dealkylation sites (tertiary alicyclic amines) is 1. The van der Waals surface area contributed by atoms with Gasteiger partial charge in [-0.1, -0.05) is 30.3 Å². The van der Waals surface area contributed by atoms with Crippen LogP contribution in [0.4, 0.5) is 10.1 Å². The predicted molar refractivity (Wildman–Crippen MR) is 117 cm³/mol. The van der Waals surface area contributed by atoms with Crippen molar-refractivity contribution in [1.82, 2.24) is 10.2 Å². The van der Waals surface area contributed by atoms with Crippen LogP contribution in [-0.4, -0.2) is 48.8 Å². The number of halogens is 1. The highest BCUT2D eigenvalue weighted by Crippen LogP contribution is 2.35. The molecule has 32 heavy (non-hydrogen) atoms. The molecule has 2 heterocycles. The van der Waals surface area contributed by atoms with Crippen molar-refractivity contribution in [2.45, 2.75) is 19.3 Å². The molecule has 0 bridgehead atoms. The number of hydrogen-bond acceptors (Lipinski definition) is 4. The van der Waals surface area contributed by atoms with Gasteiger partial charge in [0.25, 0.3) is 5.91 Å². The number of amides is 3. The Bertz CT molecular complexity index is 1070. The Kier molecular flexibility index (Phi) is 6.49. The summed E-state index contributed by atoms with van der Waals surface area (Å²) in [4.78, 5) is 40.4. The van der Waals surface area contributed by atoms with Gasteiger partial charge in [0.05, 0.1) is 5.69 Å². The van der Waals surface area contributed by atoms with Crippen molar-refractivity contribution in [3.8, 4) is 5.75 Å². The Morgan fingerprint density at radius 3 is 2.69 bits per heavy atom. The summed E-state index contributed by atoms with van der Waals surface area (Å²) in [7, 11) is 0. The summed E-state index contributed by atoms with van der Waals surface area (Å²) in [5.74, 6) is -0.820. The average molecular weight is 437 g/mol.